The summed E-state index contributed by atoms with van der Waals surface area (Å²) in [5.41, 5.74) is 2.36. The number of benzene rings is 2. The summed E-state index contributed by atoms with van der Waals surface area (Å²) >= 11 is 11.9. The van der Waals surface area contributed by atoms with Gasteiger partial charge in [0.15, 0.2) is 5.78 Å². The molecule has 0 unspecified atom stereocenters. The lowest BCUT2D eigenvalue weighted by atomic mass is 10.0. The maximum Gasteiger partial charge on any atom is 0.171 e. The maximum atomic E-state index is 12.4. The Labute approximate surface area is 128 Å². The highest BCUT2D eigenvalue weighted by molar-refractivity contribution is 6.35. The minimum atomic E-state index is -0.0360. The molecule has 0 saturated heterocycles. The highest BCUT2D eigenvalue weighted by Gasteiger charge is 2.14. The van der Waals surface area contributed by atoms with Crippen LogP contribution < -0.4 is 4.74 Å². The molecule has 0 atom stereocenters. The first kappa shape index (κ1) is 14.9. The summed E-state index contributed by atoms with van der Waals surface area (Å²) in [4.78, 5) is 12.4. The van der Waals surface area contributed by atoms with Crippen LogP contribution in [0.15, 0.2) is 36.4 Å². The molecule has 0 N–H and O–H groups in total. The quantitative estimate of drug-likeness (QED) is 0.763. The van der Waals surface area contributed by atoms with Gasteiger partial charge < -0.3 is 4.74 Å². The molecule has 0 heterocycles. The lowest BCUT2D eigenvalue weighted by molar-refractivity contribution is 0.0990. The molecule has 104 valence electrons. The number of carbonyl (C=O) groups is 1. The number of Topliss-reactive ketones (excluding diaryl/α,β-unsaturated/α-hetero) is 1. The van der Waals surface area contributed by atoms with Crippen LogP contribution in [0.5, 0.6) is 5.75 Å². The van der Waals surface area contributed by atoms with Crippen molar-refractivity contribution in [2.45, 2.75) is 13.3 Å². The molecule has 0 radical (unpaired) electrons. The van der Waals surface area contributed by atoms with Crippen LogP contribution in [0.4, 0.5) is 0 Å². The van der Waals surface area contributed by atoms with Crippen molar-refractivity contribution in [1.29, 1.82) is 0 Å². The average Bonchev–Trinajstić information content (AvgIpc) is 2.41. The van der Waals surface area contributed by atoms with Gasteiger partial charge in [-0.3, -0.25) is 4.79 Å². The van der Waals surface area contributed by atoms with Crippen LogP contribution in [0.25, 0.3) is 0 Å². The van der Waals surface area contributed by atoms with Gasteiger partial charge in [-0.15, -0.1) is 0 Å². The highest BCUT2D eigenvalue weighted by atomic mass is 35.5. The van der Waals surface area contributed by atoms with Crippen LogP contribution in [-0.4, -0.2) is 12.9 Å². The van der Waals surface area contributed by atoms with E-state index in [0.29, 0.717) is 21.4 Å². The van der Waals surface area contributed by atoms with Crippen molar-refractivity contribution in [3.63, 3.8) is 0 Å². The minimum absolute atomic E-state index is 0.0360. The second-order valence-corrected chi connectivity index (χ2v) is 5.38. The molecule has 2 aromatic rings. The van der Waals surface area contributed by atoms with E-state index in [-0.39, 0.29) is 12.2 Å². The fraction of sp³-hybridized carbons (Fsp3) is 0.188. The van der Waals surface area contributed by atoms with Gasteiger partial charge in [-0.2, -0.15) is 0 Å². The van der Waals surface area contributed by atoms with Crippen molar-refractivity contribution >= 4 is 29.0 Å². The second kappa shape index (κ2) is 6.29. The molecule has 2 nitrogen and oxygen atoms in total. The molecule has 4 heteroatoms. The van der Waals surface area contributed by atoms with Crippen molar-refractivity contribution in [3.8, 4) is 5.75 Å². The summed E-state index contributed by atoms with van der Waals surface area (Å²) in [6.07, 6.45) is 0.218. The fourth-order valence-electron chi connectivity index (χ4n) is 1.96. The summed E-state index contributed by atoms with van der Waals surface area (Å²) < 4.78 is 5.26. The van der Waals surface area contributed by atoms with Crippen LogP contribution in [-0.2, 0) is 6.42 Å². The average molecular weight is 309 g/mol. The van der Waals surface area contributed by atoms with Gasteiger partial charge >= 0.3 is 0 Å². The van der Waals surface area contributed by atoms with E-state index >= 15 is 0 Å². The molecule has 2 rings (SSSR count). The number of ketones is 1. The number of aryl methyl sites for hydroxylation is 1. The Balaban J connectivity index is 2.28. The smallest absolute Gasteiger partial charge is 0.171 e. The zero-order chi connectivity index (χ0) is 14.7. The van der Waals surface area contributed by atoms with E-state index in [9.17, 15) is 4.79 Å². The van der Waals surface area contributed by atoms with E-state index in [1.807, 2.05) is 19.1 Å². The van der Waals surface area contributed by atoms with Gasteiger partial charge in [0.2, 0.25) is 0 Å². The summed E-state index contributed by atoms with van der Waals surface area (Å²) in [6.45, 7) is 1.95. The predicted octanol–water partition coefficient (Wildman–Crippen LogP) is 4.74. The lowest BCUT2D eigenvalue weighted by Crippen LogP contribution is -2.06. The Bertz CT molecular complexity index is 651. The Hall–Kier alpha value is -1.51. The molecular weight excluding hydrogens is 295 g/mol. The summed E-state index contributed by atoms with van der Waals surface area (Å²) in [7, 11) is 1.56. The third-order valence-electron chi connectivity index (χ3n) is 3.02. The maximum absolute atomic E-state index is 12.4. The van der Waals surface area contributed by atoms with Gasteiger partial charge in [0.05, 0.1) is 12.7 Å². The molecule has 0 amide bonds. The van der Waals surface area contributed by atoms with Crippen LogP contribution >= 0.6 is 23.2 Å². The second-order valence-electron chi connectivity index (χ2n) is 4.54. The number of hydrogen-bond donors (Lipinski definition) is 0. The predicted molar refractivity (Wildman–Crippen MR) is 82.2 cm³/mol. The Morgan fingerprint density at radius 1 is 1.15 bits per heavy atom. The summed E-state index contributed by atoms with van der Waals surface area (Å²) in [6, 6.07) is 10.6. The van der Waals surface area contributed by atoms with E-state index < -0.39 is 0 Å². The van der Waals surface area contributed by atoms with Gasteiger partial charge in [-0.25, -0.2) is 0 Å². The number of carbonyl (C=O) groups excluding carboxylic acids is 1. The molecule has 20 heavy (non-hydrogen) atoms. The number of rotatable bonds is 4. The van der Waals surface area contributed by atoms with Crippen LogP contribution in [0, 0.1) is 6.92 Å². The van der Waals surface area contributed by atoms with Crippen molar-refractivity contribution < 1.29 is 9.53 Å². The third kappa shape index (κ3) is 3.33. The number of hydrogen-bond acceptors (Lipinski definition) is 2. The van der Waals surface area contributed by atoms with E-state index in [1.165, 1.54) is 0 Å². The van der Waals surface area contributed by atoms with Crippen LogP contribution in [0.1, 0.15) is 21.5 Å². The normalized spacial score (nSPS) is 10.4. The third-order valence-corrected chi connectivity index (χ3v) is 3.61. The topological polar surface area (TPSA) is 26.3 Å². The van der Waals surface area contributed by atoms with E-state index in [0.717, 1.165) is 11.1 Å². The van der Waals surface area contributed by atoms with Crippen molar-refractivity contribution in [3.05, 3.63) is 63.1 Å². The first-order chi connectivity index (χ1) is 9.51. The van der Waals surface area contributed by atoms with Gasteiger partial charge in [0.25, 0.3) is 0 Å². The van der Waals surface area contributed by atoms with Crippen molar-refractivity contribution in [2.75, 3.05) is 7.11 Å². The number of methoxy groups -OCH3 is 1. The summed E-state index contributed by atoms with van der Waals surface area (Å²) in [5.74, 6) is 0.547. The molecule has 2 aromatic carbocycles. The van der Waals surface area contributed by atoms with Crippen molar-refractivity contribution in [1.82, 2.24) is 0 Å². The van der Waals surface area contributed by atoms with E-state index in [2.05, 4.69) is 0 Å². The molecule has 0 aliphatic carbocycles. The molecule has 0 fully saturated rings. The monoisotopic (exact) mass is 308 g/mol. The molecular formula is C16H14Cl2O2. The largest absolute Gasteiger partial charge is 0.496 e. The van der Waals surface area contributed by atoms with E-state index in [4.69, 9.17) is 27.9 Å². The first-order valence-electron chi connectivity index (χ1n) is 6.13. The Morgan fingerprint density at radius 3 is 2.55 bits per heavy atom. The van der Waals surface area contributed by atoms with Gasteiger partial charge in [0.1, 0.15) is 5.75 Å². The standard InChI is InChI=1S/C16H14Cl2O2/c1-10-3-6-13(16(7-10)20-2)15(19)8-11-4-5-12(17)9-14(11)18/h3-7,9H,8H2,1-2H3. The number of ether oxygens (including phenoxy) is 1. The fourth-order valence-corrected chi connectivity index (χ4v) is 2.44. The molecule has 0 aliphatic heterocycles. The molecule has 0 bridgehead atoms. The zero-order valence-corrected chi connectivity index (χ0v) is 12.8. The molecule has 0 aliphatic rings. The van der Waals surface area contributed by atoms with Gasteiger partial charge in [-0.1, -0.05) is 35.3 Å². The molecule has 0 saturated carbocycles. The lowest BCUT2D eigenvalue weighted by Gasteiger charge is -2.09. The first-order valence-corrected chi connectivity index (χ1v) is 6.88. The highest BCUT2D eigenvalue weighted by Crippen LogP contribution is 2.25. The van der Waals surface area contributed by atoms with Crippen LogP contribution in [0.2, 0.25) is 10.0 Å². The minimum Gasteiger partial charge on any atom is -0.496 e. The number of halogens is 2. The molecule has 0 spiro atoms. The van der Waals surface area contributed by atoms with Gasteiger partial charge in [-0.05, 0) is 42.3 Å². The SMILES string of the molecule is COc1cc(C)ccc1C(=O)Cc1ccc(Cl)cc1Cl. The summed E-state index contributed by atoms with van der Waals surface area (Å²) in [5, 5.41) is 1.05. The Kier molecular flexibility index (Phi) is 4.69. The van der Waals surface area contributed by atoms with Crippen molar-refractivity contribution in [2.24, 2.45) is 0 Å². The van der Waals surface area contributed by atoms with E-state index in [1.54, 1.807) is 31.4 Å². The molecule has 0 aromatic heterocycles. The Morgan fingerprint density at radius 2 is 1.90 bits per heavy atom. The van der Waals surface area contributed by atoms with Gasteiger partial charge in [0, 0.05) is 16.5 Å². The van der Waals surface area contributed by atoms with Crippen LogP contribution in [0.3, 0.4) is 0 Å². The zero-order valence-electron chi connectivity index (χ0n) is 11.2.